The number of hydrogen-bond acceptors (Lipinski definition) is 7. The fourth-order valence-corrected chi connectivity index (χ4v) is 3.94. The van der Waals surface area contributed by atoms with E-state index in [0.717, 1.165) is 30.6 Å². The third kappa shape index (κ3) is 4.07. The summed E-state index contributed by atoms with van der Waals surface area (Å²) in [6.45, 7) is 5.18. The Morgan fingerprint density at radius 3 is 2.90 bits per heavy atom. The van der Waals surface area contributed by atoms with Crippen LogP contribution in [0.1, 0.15) is 37.3 Å². The van der Waals surface area contributed by atoms with Crippen LogP contribution >= 0.6 is 0 Å². The average Bonchev–Trinajstić information content (AvgIpc) is 2.80. The molecule has 1 aromatic heterocycles. The highest BCUT2D eigenvalue weighted by Gasteiger charge is 2.36. The predicted molar refractivity (Wildman–Crippen MR) is 114 cm³/mol. The van der Waals surface area contributed by atoms with Gasteiger partial charge in [-0.25, -0.2) is 9.97 Å². The van der Waals surface area contributed by atoms with Gasteiger partial charge in [-0.2, -0.15) is 5.26 Å². The highest BCUT2D eigenvalue weighted by Crippen LogP contribution is 2.39. The number of anilines is 3. The van der Waals surface area contributed by atoms with E-state index in [9.17, 15) is 10.1 Å². The van der Waals surface area contributed by atoms with Crippen molar-refractivity contribution < 1.29 is 9.53 Å². The van der Waals surface area contributed by atoms with Crippen molar-refractivity contribution in [2.45, 2.75) is 38.8 Å². The summed E-state index contributed by atoms with van der Waals surface area (Å²) in [5.41, 5.74) is 2.19. The molecule has 3 heterocycles. The number of aromatic nitrogens is 2. The number of rotatable bonds is 6. The average molecular weight is 406 g/mol. The van der Waals surface area contributed by atoms with Gasteiger partial charge in [-0.3, -0.25) is 9.69 Å². The topological polar surface area (TPSA) is 94.4 Å². The van der Waals surface area contributed by atoms with Gasteiger partial charge in [0.25, 0.3) is 0 Å². The van der Waals surface area contributed by atoms with E-state index in [1.165, 1.54) is 0 Å². The minimum absolute atomic E-state index is 0.0163. The second-order valence-corrected chi connectivity index (χ2v) is 7.57. The molecule has 0 radical (unpaired) electrons. The summed E-state index contributed by atoms with van der Waals surface area (Å²) in [7, 11) is 0. The molecule has 156 valence electrons. The van der Waals surface area contributed by atoms with Gasteiger partial charge in [0.1, 0.15) is 18.1 Å². The maximum absolute atomic E-state index is 13.5. The number of benzene rings is 1. The highest BCUT2D eigenvalue weighted by molar-refractivity contribution is 6.06. The van der Waals surface area contributed by atoms with Gasteiger partial charge in [0, 0.05) is 13.1 Å². The molecule has 2 aliphatic heterocycles. The van der Waals surface area contributed by atoms with Crippen LogP contribution in [0.4, 0.5) is 17.3 Å². The molecule has 8 nitrogen and oxygen atoms in total. The zero-order valence-corrected chi connectivity index (χ0v) is 17.2. The lowest BCUT2D eigenvalue weighted by Crippen LogP contribution is -2.48. The molecule has 1 atom stereocenters. The number of hydrogen-bond donors (Lipinski definition) is 1. The van der Waals surface area contributed by atoms with Crippen LogP contribution in [0.15, 0.2) is 30.6 Å². The number of amides is 1. The van der Waals surface area contributed by atoms with Crippen molar-refractivity contribution in [2.24, 2.45) is 0 Å². The lowest BCUT2D eigenvalue weighted by atomic mass is 10.0. The second-order valence-electron chi connectivity index (χ2n) is 7.57. The van der Waals surface area contributed by atoms with Gasteiger partial charge < -0.3 is 15.0 Å². The number of carbonyl (C=O) groups is 1. The highest BCUT2D eigenvalue weighted by atomic mass is 16.5. The Kier molecular flexibility index (Phi) is 6.10. The van der Waals surface area contributed by atoms with E-state index >= 15 is 0 Å². The Morgan fingerprint density at radius 1 is 1.30 bits per heavy atom. The van der Waals surface area contributed by atoms with Crippen LogP contribution < -0.4 is 15.1 Å². The van der Waals surface area contributed by atoms with Crippen molar-refractivity contribution in [1.82, 2.24) is 9.97 Å². The number of nitriles is 1. The van der Waals surface area contributed by atoms with Crippen molar-refractivity contribution in [3.8, 4) is 6.07 Å². The maximum atomic E-state index is 13.5. The number of carbonyl (C=O) groups excluding carboxylic acids is 1. The number of nitrogens with one attached hydrogen (secondary N) is 1. The summed E-state index contributed by atoms with van der Waals surface area (Å²) in [4.78, 5) is 26.4. The summed E-state index contributed by atoms with van der Waals surface area (Å²) in [6, 6.07) is 9.24. The van der Waals surface area contributed by atoms with E-state index in [4.69, 9.17) is 4.74 Å². The van der Waals surface area contributed by atoms with Crippen LogP contribution in [0, 0.1) is 11.3 Å². The summed E-state index contributed by atoms with van der Waals surface area (Å²) in [5.74, 6) is 1.45. The third-order valence-electron chi connectivity index (χ3n) is 5.50. The number of fused-ring (bicyclic) bond motifs is 1. The predicted octanol–water partition coefficient (Wildman–Crippen LogP) is 2.70. The minimum atomic E-state index is -0.316. The van der Waals surface area contributed by atoms with E-state index in [2.05, 4.69) is 33.2 Å². The molecule has 1 amide bonds. The van der Waals surface area contributed by atoms with E-state index in [-0.39, 0.29) is 11.9 Å². The van der Waals surface area contributed by atoms with Crippen molar-refractivity contribution in [2.75, 3.05) is 41.4 Å². The first-order chi connectivity index (χ1) is 14.7. The van der Waals surface area contributed by atoms with Crippen molar-refractivity contribution in [1.29, 1.82) is 5.26 Å². The molecule has 1 N–H and O–H groups in total. The molecule has 1 fully saturated rings. The molecule has 4 rings (SSSR count). The Hall–Kier alpha value is -3.18. The summed E-state index contributed by atoms with van der Waals surface area (Å²) in [6.07, 6.45) is 4.28. The third-order valence-corrected chi connectivity index (χ3v) is 5.50. The molecule has 0 spiro atoms. The first kappa shape index (κ1) is 20.1. The summed E-state index contributed by atoms with van der Waals surface area (Å²) in [5, 5.41) is 12.6. The monoisotopic (exact) mass is 406 g/mol. The molecule has 0 bridgehead atoms. The van der Waals surface area contributed by atoms with Gasteiger partial charge in [0.05, 0.1) is 31.4 Å². The molecule has 0 aliphatic carbocycles. The molecular formula is C22H26N6O2. The first-order valence-electron chi connectivity index (χ1n) is 10.5. The van der Waals surface area contributed by atoms with Crippen LogP contribution in [-0.2, 0) is 16.1 Å². The van der Waals surface area contributed by atoms with Crippen LogP contribution in [0.5, 0.6) is 0 Å². The number of nitrogens with zero attached hydrogens (tertiary/aromatic N) is 5. The van der Waals surface area contributed by atoms with Gasteiger partial charge >= 0.3 is 0 Å². The number of ether oxygens (including phenoxy) is 1. The minimum Gasteiger partial charge on any atom is -0.378 e. The van der Waals surface area contributed by atoms with Gasteiger partial charge in [-0.05, 0) is 24.1 Å². The SMILES string of the molecule is CCCC[C@@H]1Nc2ncnc(N3CCOCC3)c2N(Cc2cccc(C#N)c2)C1=O. The van der Waals surface area contributed by atoms with Crippen molar-refractivity contribution in [3.63, 3.8) is 0 Å². The zero-order chi connectivity index (χ0) is 20.9. The molecule has 2 aromatic rings. The quantitative estimate of drug-likeness (QED) is 0.788. The Labute approximate surface area is 176 Å². The fourth-order valence-electron chi connectivity index (χ4n) is 3.94. The van der Waals surface area contributed by atoms with E-state index in [1.807, 2.05) is 18.2 Å². The molecular weight excluding hydrogens is 380 g/mol. The number of morpholine rings is 1. The van der Waals surface area contributed by atoms with Gasteiger partial charge in [-0.15, -0.1) is 0 Å². The van der Waals surface area contributed by atoms with Crippen molar-refractivity contribution in [3.05, 3.63) is 41.7 Å². The van der Waals surface area contributed by atoms with E-state index in [0.29, 0.717) is 49.9 Å². The largest absolute Gasteiger partial charge is 0.378 e. The maximum Gasteiger partial charge on any atom is 0.250 e. The second kappa shape index (κ2) is 9.09. The normalized spacial score (nSPS) is 18.5. The van der Waals surface area contributed by atoms with Crippen LogP contribution in [0.3, 0.4) is 0 Å². The molecule has 0 unspecified atom stereocenters. The van der Waals surface area contributed by atoms with Crippen LogP contribution in [-0.4, -0.2) is 48.2 Å². The zero-order valence-electron chi connectivity index (χ0n) is 17.2. The van der Waals surface area contributed by atoms with E-state index < -0.39 is 0 Å². The molecule has 1 aromatic carbocycles. The lowest BCUT2D eigenvalue weighted by molar-refractivity contribution is -0.119. The van der Waals surface area contributed by atoms with E-state index in [1.54, 1.807) is 17.3 Å². The first-order valence-corrected chi connectivity index (χ1v) is 10.5. The summed E-state index contributed by atoms with van der Waals surface area (Å²) >= 11 is 0. The summed E-state index contributed by atoms with van der Waals surface area (Å²) < 4.78 is 5.48. The molecule has 0 saturated carbocycles. The Bertz CT molecular complexity index is 951. The number of unbranched alkanes of at least 4 members (excludes halogenated alkanes) is 1. The Balaban J connectivity index is 1.74. The molecule has 30 heavy (non-hydrogen) atoms. The van der Waals surface area contributed by atoms with Crippen molar-refractivity contribution >= 4 is 23.2 Å². The molecule has 2 aliphatic rings. The molecule has 8 heteroatoms. The fraction of sp³-hybridized carbons (Fsp3) is 0.455. The lowest BCUT2D eigenvalue weighted by Gasteiger charge is -2.38. The Morgan fingerprint density at radius 2 is 2.13 bits per heavy atom. The van der Waals surface area contributed by atoms with Gasteiger partial charge in [0.2, 0.25) is 5.91 Å². The smallest absolute Gasteiger partial charge is 0.250 e. The van der Waals surface area contributed by atoms with Gasteiger partial charge in [-0.1, -0.05) is 31.9 Å². The molecule has 1 saturated heterocycles. The van der Waals surface area contributed by atoms with Crippen LogP contribution in [0.2, 0.25) is 0 Å². The standard InChI is InChI=1S/C22H26N6O2/c1-2-3-7-18-22(29)28(14-17-6-4-5-16(12-17)13-23)19-20(26-18)24-15-25-21(19)27-8-10-30-11-9-27/h4-6,12,15,18H,2-3,7-11,14H2,1H3,(H,24,25,26)/t18-/m0/s1. The van der Waals surface area contributed by atoms with Gasteiger partial charge in [0.15, 0.2) is 11.6 Å². The van der Waals surface area contributed by atoms with Crippen LogP contribution in [0.25, 0.3) is 0 Å².